The van der Waals surface area contributed by atoms with Gasteiger partial charge in [-0.1, -0.05) is 0 Å². The molecule has 1 aliphatic rings. The molecule has 6 heteroatoms. The predicted octanol–water partition coefficient (Wildman–Crippen LogP) is 2.69. The van der Waals surface area contributed by atoms with Crippen LogP contribution in [-0.2, 0) is 11.2 Å². The lowest BCUT2D eigenvalue weighted by Gasteiger charge is -2.18. The first kappa shape index (κ1) is 14.9. The highest BCUT2D eigenvalue weighted by atomic mass is 16.6. The lowest BCUT2D eigenvalue weighted by Crippen LogP contribution is -2.19. The largest absolute Gasteiger partial charge is 0.379 e. The monoisotopic (exact) mass is 287 g/mol. The lowest BCUT2D eigenvalue weighted by atomic mass is 10.0. The van der Waals surface area contributed by atoms with E-state index in [2.05, 4.69) is 16.6 Å². The van der Waals surface area contributed by atoms with Crippen molar-refractivity contribution in [2.24, 2.45) is 0 Å². The van der Waals surface area contributed by atoms with Crippen LogP contribution in [-0.4, -0.2) is 17.4 Å². The number of terminal acetylenes is 1. The predicted molar refractivity (Wildman–Crippen MR) is 81.2 cm³/mol. The molecule has 1 aromatic carbocycles. The summed E-state index contributed by atoms with van der Waals surface area (Å²) in [6, 6.07) is 3.18. The minimum Gasteiger partial charge on any atom is -0.379 e. The van der Waals surface area contributed by atoms with Gasteiger partial charge in [-0.2, -0.15) is 0 Å². The van der Waals surface area contributed by atoms with Crippen molar-refractivity contribution in [2.45, 2.75) is 32.1 Å². The molecular weight excluding hydrogens is 270 g/mol. The number of unbranched alkanes of at least 4 members (excludes halogenated alkanes) is 2. The van der Waals surface area contributed by atoms with Gasteiger partial charge in [0.05, 0.1) is 4.92 Å². The molecule has 0 spiro atoms. The Morgan fingerprint density at radius 2 is 2.19 bits per heavy atom. The summed E-state index contributed by atoms with van der Waals surface area (Å²) in [4.78, 5) is 22.2. The molecular formula is C15H17N3O3. The van der Waals surface area contributed by atoms with Crippen LogP contribution in [0.1, 0.15) is 31.2 Å². The molecule has 0 saturated heterocycles. The Kier molecular flexibility index (Phi) is 4.77. The van der Waals surface area contributed by atoms with E-state index >= 15 is 0 Å². The van der Waals surface area contributed by atoms with Crippen LogP contribution >= 0.6 is 0 Å². The summed E-state index contributed by atoms with van der Waals surface area (Å²) in [6.07, 6.45) is 8.48. The zero-order valence-electron chi connectivity index (χ0n) is 11.6. The fourth-order valence-electron chi connectivity index (χ4n) is 2.28. The van der Waals surface area contributed by atoms with E-state index in [9.17, 15) is 14.9 Å². The van der Waals surface area contributed by atoms with Crippen LogP contribution < -0.4 is 10.6 Å². The number of carbonyl (C=O) groups excluding carboxylic acids is 1. The average molecular weight is 287 g/mol. The van der Waals surface area contributed by atoms with Gasteiger partial charge in [-0.3, -0.25) is 14.9 Å². The number of carbonyl (C=O) groups is 1. The van der Waals surface area contributed by atoms with Crippen molar-refractivity contribution in [3.8, 4) is 12.3 Å². The van der Waals surface area contributed by atoms with E-state index in [1.165, 1.54) is 0 Å². The molecule has 0 aliphatic carbocycles. The van der Waals surface area contributed by atoms with Crippen LogP contribution in [0.25, 0.3) is 0 Å². The molecule has 0 atom stereocenters. The van der Waals surface area contributed by atoms with E-state index in [0.29, 0.717) is 37.2 Å². The summed E-state index contributed by atoms with van der Waals surface area (Å²) < 4.78 is 0. The molecule has 0 aromatic heterocycles. The highest BCUT2D eigenvalue weighted by Crippen LogP contribution is 2.34. The van der Waals surface area contributed by atoms with Crippen LogP contribution in [0.4, 0.5) is 17.1 Å². The van der Waals surface area contributed by atoms with Crippen LogP contribution in [0.2, 0.25) is 0 Å². The third kappa shape index (κ3) is 3.72. The third-order valence-corrected chi connectivity index (χ3v) is 3.38. The standard InChI is InChI=1S/C15H17N3O3/c1-2-3-4-5-8-16-13-10-12-11(6-7-15(19)17-12)9-14(13)18(20)21/h1,9-10,16H,3-8H2,(H,17,19). The summed E-state index contributed by atoms with van der Waals surface area (Å²) in [5.41, 5.74) is 1.94. The number of anilines is 2. The molecule has 1 heterocycles. The minimum atomic E-state index is -0.402. The molecule has 1 aromatic rings. The van der Waals surface area contributed by atoms with E-state index in [1.54, 1.807) is 12.1 Å². The highest BCUT2D eigenvalue weighted by molar-refractivity contribution is 5.95. The third-order valence-electron chi connectivity index (χ3n) is 3.38. The molecule has 1 aliphatic heterocycles. The molecule has 0 unspecified atom stereocenters. The normalized spacial score (nSPS) is 13.0. The fourth-order valence-corrected chi connectivity index (χ4v) is 2.28. The van der Waals surface area contributed by atoms with Crippen molar-refractivity contribution in [1.29, 1.82) is 0 Å². The Hall–Kier alpha value is -2.55. The molecule has 2 N–H and O–H groups in total. The summed E-state index contributed by atoms with van der Waals surface area (Å²) in [6.45, 7) is 0.606. The number of hydrogen-bond donors (Lipinski definition) is 2. The quantitative estimate of drug-likeness (QED) is 0.364. The van der Waals surface area contributed by atoms with Gasteiger partial charge in [0.1, 0.15) is 5.69 Å². The van der Waals surface area contributed by atoms with E-state index in [0.717, 1.165) is 18.4 Å². The Morgan fingerprint density at radius 1 is 1.38 bits per heavy atom. The van der Waals surface area contributed by atoms with E-state index < -0.39 is 4.92 Å². The molecule has 0 bridgehead atoms. The molecule has 21 heavy (non-hydrogen) atoms. The van der Waals surface area contributed by atoms with Crippen LogP contribution in [0.15, 0.2) is 12.1 Å². The number of fused-ring (bicyclic) bond motifs is 1. The maximum atomic E-state index is 11.4. The molecule has 0 fully saturated rings. The maximum absolute atomic E-state index is 11.4. The first-order valence-corrected chi connectivity index (χ1v) is 6.90. The second-order valence-corrected chi connectivity index (χ2v) is 4.92. The Balaban J connectivity index is 2.14. The van der Waals surface area contributed by atoms with Gasteiger partial charge in [0, 0.05) is 31.1 Å². The van der Waals surface area contributed by atoms with Crippen molar-refractivity contribution in [1.82, 2.24) is 0 Å². The number of hydrogen-bond acceptors (Lipinski definition) is 4. The summed E-state index contributed by atoms with van der Waals surface area (Å²) in [5.74, 6) is 2.50. The number of nitrogens with one attached hydrogen (secondary N) is 2. The van der Waals surface area contributed by atoms with Gasteiger partial charge in [-0.05, 0) is 30.9 Å². The second-order valence-electron chi connectivity index (χ2n) is 4.92. The number of nitro groups is 1. The average Bonchev–Trinajstić information content (AvgIpc) is 2.46. The van der Waals surface area contributed by atoms with Gasteiger partial charge in [0.25, 0.3) is 5.69 Å². The number of rotatable bonds is 6. The minimum absolute atomic E-state index is 0.0434. The van der Waals surface area contributed by atoms with Crippen molar-refractivity contribution in [2.75, 3.05) is 17.2 Å². The Labute approximate surface area is 123 Å². The summed E-state index contributed by atoms with van der Waals surface area (Å²) in [7, 11) is 0. The van der Waals surface area contributed by atoms with E-state index in [4.69, 9.17) is 6.42 Å². The Morgan fingerprint density at radius 3 is 2.90 bits per heavy atom. The lowest BCUT2D eigenvalue weighted by molar-refractivity contribution is -0.384. The smallest absolute Gasteiger partial charge is 0.292 e. The molecule has 6 nitrogen and oxygen atoms in total. The first-order valence-electron chi connectivity index (χ1n) is 6.90. The van der Waals surface area contributed by atoms with Gasteiger partial charge < -0.3 is 10.6 Å². The van der Waals surface area contributed by atoms with Crippen molar-refractivity contribution in [3.63, 3.8) is 0 Å². The molecule has 1 amide bonds. The first-order chi connectivity index (χ1) is 10.1. The summed E-state index contributed by atoms with van der Waals surface area (Å²) in [5, 5.41) is 17.0. The van der Waals surface area contributed by atoms with Gasteiger partial charge in [-0.15, -0.1) is 12.3 Å². The number of nitro benzene ring substituents is 1. The van der Waals surface area contributed by atoms with Gasteiger partial charge in [-0.25, -0.2) is 0 Å². The highest BCUT2D eigenvalue weighted by Gasteiger charge is 2.22. The number of amides is 1. The topological polar surface area (TPSA) is 84.3 Å². The second kappa shape index (κ2) is 6.75. The zero-order valence-corrected chi connectivity index (χ0v) is 11.6. The van der Waals surface area contributed by atoms with E-state index in [1.807, 2.05) is 0 Å². The van der Waals surface area contributed by atoms with Gasteiger partial charge >= 0.3 is 0 Å². The van der Waals surface area contributed by atoms with Crippen LogP contribution in [0, 0.1) is 22.5 Å². The van der Waals surface area contributed by atoms with Crippen molar-refractivity contribution in [3.05, 3.63) is 27.8 Å². The molecule has 0 radical (unpaired) electrons. The SMILES string of the molecule is C#CCCCCNc1cc2c(cc1[N+](=O)[O-])CCC(=O)N2. The van der Waals surface area contributed by atoms with Gasteiger partial charge in [0.15, 0.2) is 0 Å². The number of aryl methyl sites for hydroxylation is 1. The fraction of sp³-hybridized carbons (Fsp3) is 0.400. The molecule has 0 saturated carbocycles. The molecule has 110 valence electrons. The molecule has 2 rings (SSSR count). The van der Waals surface area contributed by atoms with Crippen LogP contribution in [0.5, 0.6) is 0 Å². The summed E-state index contributed by atoms with van der Waals surface area (Å²) >= 11 is 0. The zero-order chi connectivity index (χ0) is 15.2. The van der Waals surface area contributed by atoms with Crippen molar-refractivity contribution < 1.29 is 9.72 Å². The number of nitrogens with zero attached hydrogens (tertiary/aromatic N) is 1. The van der Waals surface area contributed by atoms with E-state index in [-0.39, 0.29) is 11.6 Å². The Bertz CT molecular complexity index is 605. The van der Waals surface area contributed by atoms with Crippen molar-refractivity contribution >= 4 is 23.0 Å². The van der Waals surface area contributed by atoms with Crippen LogP contribution in [0.3, 0.4) is 0 Å². The maximum Gasteiger partial charge on any atom is 0.292 e. The number of benzene rings is 1. The van der Waals surface area contributed by atoms with Gasteiger partial charge in [0.2, 0.25) is 5.91 Å².